The van der Waals surface area contributed by atoms with Crippen LogP contribution in [0.5, 0.6) is 0 Å². The van der Waals surface area contributed by atoms with E-state index in [1.165, 1.54) is 24.3 Å². The Morgan fingerprint density at radius 3 is 2.94 bits per heavy atom. The first-order valence-corrected chi connectivity index (χ1v) is 6.61. The van der Waals surface area contributed by atoms with Gasteiger partial charge in [0.05, 0.1) is 19.3 Å². The molecule has 1 aliphatic rings. The van der Waals surface area contributed by atoms with E-state index in [0.717, 1.165) is 11.1 Å². The molecule has 0 N–H and O–H groups in total. The van der Waals surface area contributed by atoms with Crippen LogP contribution in [0.15, 0.2) is 39.2 Å². The molecular weight excluding hydrogens is 246 g/mol. The Hall–Kier alpha value is -1.75. The predicted molar refractivity (Wildman–Crippen MR) is 77.1 cm³/mol. The highest BCUT2D eigenvalue weighted by molar-refractivity contribution is 8.15. The van der Waals surface area contributed by atoms with Crippen molar-refractivity contribution >= 4 is 35.6 Å². The molecule has 0 fully saturated rings. The number of hydrogen-bond donors (Lipinski definition) is 0. The molecule has 0 radical (unpaired) electrons. The molecule has 92 valence electrons. The van der Waals surface area contributed by atoms with Gasteiger partial charge in [-0.2, -0.15) is 0 Å². The third-order valence-corrected chi connectivity index (χ3v) is 3.12. The Kier molecular flexibility index (Phi) is 4.84. The number of rotatable bonds is 0. The van der Waals surface area contributed by atoms with E-state index in [-0.39, 0.29) is 5.12 Å². The fraction of sp³-hybridized carbons (Fsp3) is 0.231. The Bertz CT molecular complexity index is 509. The molecule has 0 atom stereocenters. The SMILES string of the molecule is O=C1C=NCc2ccccc2C=NC=NCCS1. The van der Waals surface area contributed by atoms with Crippen LogP contribution in [0.25, 0.3) is 0 Å². The molecule has 5 heteroatoms. The molecule has 1 aromatic carbocycles. The zero-order valence-corrected chi connectivity index (χ0v) is 10.6. The molecule has 2 rings (SSSR count). The largest absolute Gasteiger partial charge is 0.284 e. The third-order valence-electron chi connectivity index (χ3n) is 2.34. The standard InChI is InChI=1S/C13H13N3OS/c17-13-9-15-7-11-3-1-2-4-12(11)8-16-10-14-5-6-18-13/h1-4,8-10H,5-7H2. The molecule has 0 unspecified atom stereocenters. The van der Waals surface area contributed by atoms with Gasteiger partial charge in [-0.3, -0.25) is 14.8 Å². The second kappa shape index (κ2) is 6.86. The minimum absolute atomic E-state index is 0.0251. The summed E-state index contributed by atoms with van der Waals surface area (Å²) in [5, 5.41) is -0.0251. The maximum atomic E-state index is 11.4. The van der Waals surface area contributed by atoms with E-state index in [0.29, 0.717) is 18.8 Å². The molecule has 0 aliphatic carbocycles. The van der Waals surface area contributed by atoms with Crippen molar-refractivity contribution in [2.45, 2.75) is 6.54 Å². The van der Waals surface area contributed by atoms with E-state index in [1.807, 2.05) is 24.3 Å². The minimum Gasteiger partial charge on any atom is -0.284 e. The van der Waals surface area contributed by atoms with E-state index >= 15 is 0 Å². The molecule has 0 saturated heterocycles. The zero-order valence-electron chi connectivity index (χ0n) is 9.82. The quantitative estimate of drug-likeness (QED) is 0.715. The smallest absolute Gasteiger partial charge is 0.229 e. The van der Waals surface area contributed by atoms with Gasteiger partial charge >= 0.3 is 0 Å². The van der Waals surface area contributed by atoms with Crippen molar-refractivity contribution < 1.29 is 4.79 Å². The number of carbonyl (C=O) groups is 1. The van der Waals surface area contributed by atoms with E-state index in [1.54, 1.807) is 6.21 Å². The molecule has 0 amide bonds. The predicted octanol–water partition coefficient (Wildman–Crippen LogP) is 1.98. The first-order chi connectivity index (χ1) is 8.86. The van der Waals surface area contributed by atoms with Crippen LogP contribution >= 0.6 is 11.8 Å². The Morgan fingerprint density at radius 2 is 2.00 bits per heavy atom. The van der Waals surface area contributed by atoms with Gasteiger partial charge in [0, 0.05) is 12.0 Å². The summed E-state index contributed by atoms with van der Waals surface area (Å²) < 4.78 is 0. The average Bonchev–Trinajstić information content (AvgIpc) is 2.40. The van der Waals surface area contributed by atoms with Gasteiger partial charge in [0.2, 0.25) is 5.12 Å². The summed E-state index contributed by atoms with van der Waals surface area (Å²) in [6.07, 6.45) is 4.68. The molecule has 1 aliphatic heterocycles. The Balaban J connectivity index is 2.24. The maximum Gasteiger partial charge on any atom is 0.229 e. The number of carbonyl (C=O) groups excluding carboxylic acids is 1. The fourth-order valence-electron chi connectivity index (χ4n) is 1.48. The van der Waals surface area contributed by atoms with Crippen molar-refractivity contribution in [3.05, 3.63) is 35.4 Å². The summed E-state index contributed by atoms with van der Waals surface area (Å²) in [5.41, 5.74) is 2.04. The first kappa shape index (κ1) is 12.7. The van der Waals surface area contributed by atoms with Crippen molar-refractivity contribution in [1.82, 2.24) is 0 Å². The van der Waals surface area contributed by atoms with Gasteiger partial charge in [-0.25, -0.2) is 4.99 Å². The Morgan fingerprint density at radius 1 is 1.11 bits per heavy atom. The van der Waals surface area contributed by atoms with Gasteiger partial charge < -0.3 is 0 Å². The van der Waals surface area contributed by atoms with Crippen LogP contribution in [0.1, 0.15) is 11.1 Å². The van der Waals surface area contributed by atoms with E-state index in [4.69, 9.17) is 0 Å². The van der Waals surface area contributed by atoms with Crippen LogP contribution in [0.4, 0.5) is 0 Å². The normalized spacial score (nSPS) is 16.6. The number of benzene rings is 1. The number of nitrogens with zero attached hydrogens (tertiary/aromatic N) is 3. The second-order valence-electron chi connectivity index (χ2n) is 3.64. The monoisotopic (exact) mass is 259 g/mol. The van der Waals surface area contributed by atoms with Crippen LogP contribution < -0.4 is 0 Å². The number of fused-ring (bicyclic) bond motifs is 1. The Labute approximate surface area is 110 Å². The van der Waals surface area contributed by atoms with Gasteiger partial charge in [0.25, 0.3) is 0 Å². The number of aliphatic imine (C=N–C) groups is 3. The molecule has 0 spiro atoms. The van der Waals surface area contributed by atoms with Gasteiger partial charge in [-0.05, 0) is 11.1 Å². The summed E-state index contributed by atoms with van der Waals surface area (Å²) >= 11 is 1.23. The van der Waals surface area contributed by atoms with Crippen LogP contribution in [-0.4, -0.2) is 36.2 Å². The lowest BCUT2D eigenvalue weighted by atomic mass is 10.1. The van der Waals surface area contributed by atoms with E-state index < -0.39 is 0 Å². The lowest BCUT2D eigenvalue weighted by Crippen LogP contribution is -1.97. The van der Waals surface area contributed by atoms with Crippen molar-refractivity contribution in [1.29, 1.82) is 0 Å². The number of thioether (sulfide) groups is 1. The van der Waals surface area contributed by atoms with Gasteiger partial charge in [0.15, 0.2) is 0 Å². The van der Waals surface area contributed by atoms with Crippen molar-refractivity contribution in [2.24, 2.45) is 15.0 Å². The molecule has 0 aromatic heterocycles. The summed E-state index contributed by atoms with van der Waals surface area (Å²) in [6, 6.07) is 7.85. The summed E-state index contributed by atoms with van der Waals surface area (Å²) in [6.45, 7) is 1.08. The topological polar surface area (TPSA) is 54.1 Å². The molecule has 0 saturated carbocycles. The van der Waals surface area contributed by atoms with Crippen molar-refractivity contribution in [3.8, 4) is 0 Å². The summed E-state index contributed by atoms with van der Waals surface area (Å²) in [5.74, 6) is 0.657. The van der Waals surface area contributed by atoms with E-state index in [9.17, 15) is 4.79 Å². The van der Waals surface area contributed by atoms with Crippen LogP contribution in [-0.2, 0) is 11.3 Å². The third kappa shape index (κ3) is 3.92. The average molecular weight is 259 g/mol. The number of hydrogen-bond acceptors (Lipinski definition) is 5. The minimum atomic E-state index is -0.0251. The highest BCUT2D eigenvalue weighted by atomic mass is 32.2. The molecular formula is C13H13N3OS. The lowest BCUT2D eigenvalue weighted by molar-refractivity contribution is -0.105. The first-order valence-electron chi connectivity index (χ1n) is 5.62. The van der Waals surface area contributed by atoms with Gasteiger partial charge in [0.1, 0.15) is 6.34 Å². The lowest BCUT2D eigenvalue weighted by Gasteiger charge is -2.00. The van der Waals surface area contributed by atoms with Crippen LogP contribution in [0.3, 0.4) is 0 Å². The summed E-state index contributed by atoms with van der Waals surface area (Å²) in [4.78, 5) is 23.8. The second-order valence-corrected chi connectivity index (χ2v) is 4.74. The van der Waals surface area contributed by atoms with Crippen molar-refractivity contribution in [3.63, 3.8) is 0 Å². The summed E-state index contributed by atoms with van der Waals surface area (Å²) in [7, 11) is 0. The maximum absolute atomic E-state index is 11.4. The highest BCUT2D eigenvalue weighted by Crippen LogP contribution is 2.08. The molecule has 1 heterocycles. The molecule has 1 aromatic rings. The van der Waals surface area contributed by atoms with E-state index in [2.05, 4.69) is 15.0 Å². The molecule has 0 bridgehead atoms. The zero-order chi connectivity index (χ0) is 12.6. The molecule has 4 nitrogen and oxygen atoms in total. The van der Waals surface area contributed by atoms with Gasteiger partial charge in [-0.1, -0.05) is 36.0 Å². The van der Waals surface area contributed by atoms with Crippen molar-refractivity contribution in [2.75, 3.05) is 12.3 Å². The van der Waals surface area contributed by atoms with Crippen LogP contribution in [0.2, 0.25) is 0 Å². The highest BCUT2D eigenvalue weighted by Gasteiger charge is 2.00. The fourth-order valence-corrected chi connectivity index (χ4v) is 2.02. The molecule has 18 heavy (non-hydrogen) atoms. The van der Waals surface area contributed by atoms with Gasteiger partial charge in [-0.15, -0.1) is 0 Å². The van der Waals surface area contributed by atoms with Crippen LogP contribution in [0, 0.1) is 0 Å².